The number of ether oxygens (including phenoxy) is 1. The molecule has 0 heterocycles. The Morgan fingerprint density at radius 3 is 1.93 bits per heavy atom. The molecule has 6 saturated carbocycles. The number of aliphatic hydroxyl groups is 2. The number of hydrogen-bond acceptors (Lipinski definition) is 15. The molecule has 54 heavy (non-hydrogen) atoms. The molecule has 0 aromatic heterocycles. The van der Waals surface area contributed by atoms with Crippen molar-refractivity contribution in [2.24, 2.45) is 49.9 Å². The number of nitrogens with two attached hydrogens (primary N) is 1. The van der Waals surface area contributed by atoms with E-state index in [1.54, 1.807) is 0 Å². The quantitative estimate of drug-likeness (QED) is 0.122. The van der Waals surface area contributed by atoms with Gasteiger partial charge in [-0.3, -0.25) is 13.7 Å². The fourth-order valence-electron chi connectivity index (χ4n) is 10.6. The van der Waals surface area contributed by atoms with Crippen LogP contribution >= 0.6 is 0 Å². The lowest BCUT2D eigenvalue weighted by Gasteiger charge is -2.47. The summed E-state index contributed by atoms with van der Waals surface area (Å²) in [5, 5.41) is 40.0. The summed E-state index contributed by atoms with van der Waals surface area (Å²) in [6, 6.07) is -2.24. The molecule has 6 aliphatic carbocycles. The van der Waals surface area contributed by atoms with Crippen molar-refractivity contribution in [2.75, 3.05) is 7.11 Å². The summed E-state index contributed by atoms with van der Waals surface area (Å²) in [5.41, 5.74) is 6.06. The molecule has 0 spiro atoms. The molecule has 310 valence electrons. The number of nitrogens with zero attached hydrogens (tertiary/aromatic N) is 4. The Labute approximate surface area is 318 Å². The third-order valence-corrected chi connectivity index (χ3v) is 17.4. The van der Waals surface area contributed by atoms with Crippen LogP contribution in [0.1, 0.15) is 96.3 Å². The van der Waals surface area contributed by atoms with Crippen molar-refractivity contribution in [3.05, 3.63) is 0 Å². The zero-order valence-corrected chi connectivity index (χ0v) is 33.1. The van der Waals surface area contributed by atoms with Crippen LogP contribution in [-0.2, 0) is 35.1 Å². The van der Waals surface area contributed by atoms with E-state index in [0.717, 1.165) is 32.1 Å². The maximum absolute atomic E-state index is 12.7. The van der Waals surface area contributed by atoms with Crippen LogP contribution in [0.25, 0.3) is 0 Å². The van der Waals surface area contributed by atoms with Crippen molar-refractivity contribution in [1.29, 1.82) is 0 Å². The van der Waals surface area contributed by atoms with Crippen LogP contribution in [0.5, 0.6) is 0 Å². The molecule has 0 amide bonds. The molecule has 0 radical (unpaired) electrons. The summed E-state index contributed by atoms with van der Waals surface area (Å²) in [5.74, 6) is -1.24. The summed E-state index contributed by atoms with van der Waals surface area (Å²) in [7, 11) is -12.2. The van der Waals surface area contributed by atoms with E-state index in [0.29, 0.717) is 31.7 Å². The van der Waals surface area contributed by atoms with Gasteiger partial charge in [-0.2, -0.15) is 45.7 Å². The molecule has 21 heteroatoms. The number of azo groups is 2. The highest BCUT2D eigenvalue weighted by molar-refractivity contribution is 7.87. The molecule has 0 saturated heterocycles. The summed E-state index contributed by atoms with van der Waals surface area (Å²) in [4.78, 5) is 0. The van der Waals surface area contributed by atoms with E-state index in [4.69, 9.17) is 10.5 Å². The second-order valence-electron chi connectivity index (χ2n) is 16.9. The lowest BCUT2D eigenvalue weighted by atomic mass is 9.66. The fraction of sp³-hybridized carbons (Fsp3) is 1.00. The highest BCUT2D eigenvalue weighted by Gasteiger charge is 2.52. The van der Waals surface area contributed by atoms with Crippen LogP contribution in [0, 0.1) is 23.7 Å². The molecule has 6 rings (SSSR count). The average Bonchev–Trinajstić information content (AvgIpc) is 3.09. The van der Waals surface area contributed by atoms with Gasteiger partial charge in [0, 0.05) is 38.1 Å². The number of aliphatic hydroxyl groups excluding tert-OH is 2. The van der Waals surface area contributed by atoms with Crippen molar-refractivity contribution < 1.29 is 53.9 Å². The van der Waals surface area contributed by atoms with Gasteiger partial charge in [-0.1, -0.05) is 0 Å². The van der Waals surface area contributed by atoms with Gasteiger partial charge in [0.15, 0.2) is 0 Å². The summed E-state index contributed by atoms with van der Waals surface area (Å²) in [6.45, 7) is 0. The fourth-order valence-corrected chi connectivity index (χ4v) is 14.0. The van der Waals surface area contributed by atoms with E-state index in [9.17, 15) is 49.1 Å². The molecule has 0 aliphatic heterocycles. The van der Waals surface area contributed by atoms with Crippen LogP contribution in [0.15, 0.2) is 20.5 Å². The van der Waals surface area contributed by atoms with Gasteiger partial charge in [0.2, 0.25) is 0 Å². The first-order valence-electron chi connectivity index (χ1n) is 19.4. The normalized spacial score (nSPS) is 45.6. The second kappa shape index (κ2) is 16.9. The molecular formula is C33H58N6O12S3. The van der Waals surface area contributed by atoms with Crippen LogP contribution in [0.4, 0.5) is 0 Å². The first kappa shape index (κ1) is 42.3. The molecule has 6 aliphatic rings. The maximum atomic E-state index is 12.7. The Hall–Kier alpha value is -1.27. The van der Waals surface area contributed by atoms with E-state index >= 15 is 0 Å². The monoisotopic (exact) mass is 826 g/mol. The summed E-state index contributed by atoms with van der Waals surface area (Å²) >= 11 is 0. The lowest BCUT2D eigenvalue weighted by molar-refractivity contribution is -0.0180. The standard InChI is InChI=1S/C33H58N6O12S3/c1-51-29-16-26(28(40)15-27(29)38-36-22-5-2-17-11-23(52(42,43)44)14-30(25(17)13-22)53(45,46)47)37-39-32-31(54(48,49)50)12-18-10-21(8-9-24(18)33(32)41)35-20-6-3-19(34)4-7-20/h17-33,35,40-41H,2-16,34H2,1H3,(H,42,43,44)(H,45,46,47)(H,48,49,50). The lowest BCUT2D eigenvalue weighted by Crippen LogP contribution is -2.56. The van der Waals surface area contributed by atoms with Gasteiger partial charge < -0.3 is 26.0 Å². The van der Waals surface area contributed by atoms with Gasteiger partial charge >= 0.3 is 0 Å². The smallest absolute Gasteiger partial charge is 0.270 e. The van der Waals surface area contributed by atoms with E-state index in [-0.39, 0.29) is 61.9 Å². The van der Waals surface area contributed by atoms with Gasteiger partial charge in [0.1, 0.15) is 11.3 Å². The highest BCUT2D eigenvalue weighted by Crippen LogP contribution is 2.47. The van der Waals surface area contributed by atoms with Crippen molar-refractivity contribution in [3.8, 4) is 0 Å². The topological polar surface area (TPSA) is 300 Å². The molecule has 0 aromatic rings. The molecule has 6 fully saturated rings. The van der Waals surface area contributed by atoms with Gasteiger partial charge in [0.05, 0.1) is 46.9 Å². The van der Waals surface area contributed by atoms with Gasteiger partial charge in [-0.15, -0.1) is 0 Å². The first-order valence-corrected chi connectivity index (χ1v) is 23.9. The molecule has 18 nitrogen and oxygen atoms in total. The number of fused-ring (bicyclic) bond motifs is 2. The molecule has 15 atom stereocenters. The van der Waals surface area contributed by atoms with E-state index in [2.05, 4.69) is 25.8 Å². The van der Waals surface area contributed by atoms with Crippen LogP contribution in [-0.4, -0.2) is 133 Å². The average molecular weight is 827 g/mol. The predicted octanol–water partition coefficient (Wildman–Crippen LogP) is 1.92. The largest absolute Gasteiger partial charge is 0.391 e. The minimum Gasteiger partial charge on any atom is -0.391 e. The molecule has 15 unspecified atom stereocenters. The van der Waals surface area contributed by atoms with E-state index < -0.39 is 101 Å². The van der Waals surface area contributed by atoms with Crippen molar-refractivity contribution in [2.45, 2.75) is 173 Å². The summed E-state index contributed by atoms with van der Waals surface area (Å²) in [6.07, 6.45) is 4.57. The molecule has 0 aromatic carbocycles. The van der Waals surface area contributed by atoms with Crippen molar-refractivity contribution in [3.63, 3.8) is 0 Å². The summed E-state index contributed by atoms with van der Waals surface area (Å²) < 4.78 is 109. The van der Waals surface area contributed by atoms with Gasteiger partial charge in [0.25, 0.3) is 30.4 Å². The van der Waals surface area contributed by atoms with Gasteiger partial charge in [-0.25, -0.2) is 0 Å². The number of rotatable bonds is 10. The third kappa shape index (κ3) is 9.87. The number of hydrogen-bond donors (Lipinski definition) is 7. The Morgan fingerprint density at radius 1 is 0.611 bits per heavy atom. The molecular weight excluding hydrogens is 769 g/mol. The van der Waals surface area contributed by atoms with E-state index in [1.165, 1.54) is 7.11 Å². The Bertz CT molecular complexity index is 1690. The SMILES string of the molecule is COC1CC(N=NC2C(O)C3CCC(NC4CCC(N)CC4)CC3CC2S(=O)(=O)O)C(O)CC1N=NC1CCC2CC(S(=O)(=O)O)CC(S(=O)(=O)O)C2C1. The first-order chi connectivity index (χ1) is 25.3. The van der Waals surface area contributed by atoms with Crippen molar-refractivity contribution in [1.82, 2.24) is 5.32 Å². The van der Waals surface area contributed by atoms with Crippen LogP contribution < -0.4 is 11.1 Å². The van der Waals surface area contributed by atoms with E-state index in [1.807, 2.05) is 0 Å². The van der Waals surface area contributed by atoms with Crippen LogP contribution in [0.2, 0.25) is 0 Å². The van der Waals surface area contributed by atoms with Crippen molar-refractivity contribution >= 4 is 30.4 Å². The third-order valence-electron chi connectivity index (χ3n) is 13.6. The maximum Gasteiger partial charge on any atom is 0.270 e. The molecule has 0 bridgehead atoms. The Balaban J connectivity index is 1.07. The predicted molar refractivity (Wildman–Crippen MR) is 196 cm³/mol. The number of nitrogens with one attached hydrogen (secondary N) is 1. The van der Waals surface area contributed by atoms with Crippen LogP contribution in [0.3, 0.4) is 0 Å². The minimum atomic E-state index is -4.61. The Kier molecular flexibility index (Phi) is 13.3. The zero-order valence-electron chi connectivity index (χ0n) is 30.6. The van der Waals surface area contributed by atoms with Gasteiger partial charge in [-0.05, 0) is 107 Å². The molecule has 8 N–H and O–H groups in total. The number of methoxy groups -OCH3 is 1. The Morgan fingerprint density at radius 2 is 1.28 bits per heavy atom. The zero-order chi connectivity index (χ0) is 39.2. The second-order valence-corrected chi connectivity index (χ2v) is 21.9. The highest BCUT2D eigenvalue weighted by atomic mass is 32.2. The minimum absolute atomic E-state index is 0.0785.